The Hall–Kier alpha value is -3.22. The summed E-state index contributed by atoms with van der Waals surface area (Å²) in [6.45, 7) is -0.0980. The Kier molecular flexibility index (Phi) is 6.84. The Bertz CT molecular complexity index is 774. The fraction of sp³-hybridized carbons (Fsp3) is 0.263. The van der Waals surface area contributed by atoms with Gasteiger partial charge in [0.25, 0.3) is 5.91 Å². The normalized spacial score (nSPS) is 9.96. The largest absolute Gasteiger partial charge is 0.497 e. The predicted molar refractivity (Wildman–Crippen MR) is 94.7 cm³/mol. The molecule has 0 unspecified atom stereocenters. The van der Waals surface area contributed by atoms with Gasteiger partial charge in [0.05, 0.1) is 26.9 Å². The van der Waals surface area contributed by atoms with Gasteiger partial charge < -0.3 is 24.3 Å². The van der Waals surface area contributed by atoms with Crippen molar-refractivity contribution in [1.29, 1.82) is 0 Å². The van der Waals surface area contributed by atoms with Crippen molar-refractivity contribution in [3.05, 3.63) is 53.6 Å². The molecule has 7 heteroatoms. The maximum Gasteiger partial charge on any atom is 0.338 e. The molecule has 2 aromatic rings. The zero-order valence-electron chi connectivity index (χ0n) is 14.9. The summed E-state index contributed by atoms with van der Waals surface area (Å²) in [4.78, 5) is 23.8. The molecule has 0 radical (unpaired) electrons. The summed E-state index contributed by atoms with van der Waals surface area (Å²) in [6, 6.07) is 11.9. The molecule has 0 aliphatic heterocycles. The summed E-state index contributed by atoms with van der Waals surface area (Å²) in [5.41, 5.74) is 1.15. The molecule has 1 amide bonds. The van der Waals surface area contributed by atoms with Crippen molar-refractivity contribution in [2.75, 3.05) is 27.9 Å². The van der Waals surface area contributed by atoms with Gasteiger partial charge in [-0.3, -0.25) is 4.79 Å². The molecule has 138 valence electrons. The van der Waals surface area contributed by atoms with E-state index < -0.39 is 11.9 Å². The number of amides is 1. The fourth-order valence-corrected chi connectivity index (χ4v) is 2.21. The maximum absolute atomic E-state index is 12.0. The highest BCUT2D eigenvalue weighted by Gasteiger charge is 2.11. The minimum Gasteiger partial charge on any atom is -0.497 e. The molecule has 0 saturated heterocycles. The third-order valence-electron chi connectivity index (χ3n) is 3.58. The Morgan fingerprint density at radius 1 is 0.923 bits per heavy atom. The molecule has 2 rings (SSSR count). The molecule has 0 atom stereocenters. The van der Waals surface area contributed by atoms with E-state index in [4.69, 9.17) is 18.9 Å². The molecule has 0 saturated carbocycles. The first-order chi connectivity index (χ1) is 12.6. The van der Waals surface area contributed by atoms with Gasteiger partial charge in [0.1, 0.15) is 5.75 Å². The molecule has 0 heterocycles. The summed E-state index contributed by atoms with van der Waals surface area (Å²) in [7, 11) is 4.60. The van der Waals surface area contributed by atoms with Crippen LogP contribution in [0.1, 0.15) is 15.9 Å². The lowest BCUT2D eigenvalue weighted by atomic mass is 10.2. The van der Waals surface area contributed by atoms with E-state index in [1.165, 1.54) is 14.2 Å². The molecule has 0 aliphatic carbocycles. The fourth-order valence-electron chi connectivity index (χ4n) is 2.21. The quantitative estimate of drug-likeness (QED) is 0.728. The number of carbonyl (C=O) groups excluding carboxylic acids is 2. The minimum atomic E-state index is -0.592. The number of hydrogen-bond acceptors (Lipinski definition) is 6. The van der Waals surface area contributed by atoms with Crippen LogP contribution in [-0.4, -0.2) is 39.8 Å². The van der Waals surface area contributed by atoms with Gasteiger partial charge in [0.15, 0.2) is 18.1 Å². The number of benzene rings is 2. The van der Waals surface area contributed by atoms with Crippen molar-refractivity contribution < 1.29 is 28.5 Å². The van der Waals surface area contributed by atoms with Crippen LogP contribution >= 0.6 is 0 Å². The van der Waals surface area contributed by atoms with Crippen molar-refractivity contribution in [2.45, 2.75) is 6.54 Å². The Balaban J connectivity index is 1.84. The lowest BCUT2D eigenvalue weighted by Crippen LogP contribution is -2.28. The average Bonchev–Trinajstić information content (AvgIpc) is 2.70. The monoisotopic (exact) mass is 359 g/mol. The van der Waals surface area contributed by atoms with Gasteiger partial charge >= 0.3 is 5.97 Å². The van der Waals surface area contributed by atoms with Crippen molar-refractivity contribution in [3.8, 4) is 17.2 Å². The Morgan fingerprint density at radius 3 is 2.38 bits per heavy atom. The number of hydrogen-bond donors (Lipinski definition) is 1. The van der Waals surface area contributed by atoms with E-state index >= 15 is 0 Å². The molecule has 0 aromatic heterocycles. The highest BCUT2D eigenvalue weighted by atomic mass is 16.5. The summed E-state index contributed by atoms with van der Waals surface area (Å²) < 4.78 is 20.4. The summed E-state index contributed by atoms with van der Waals surface area (Å²) in [5, 5.41) is 2.68. The second-order valence-corrected chi connectivity index (χ2v) is 5.27. The number of carbonyl (C=O) groups is 2. The average molecular weight is 359 g/mol. The van der Waals surface area contributed by atoms with Gasteiger partial charge in [-0.1, -0.05) is 12.1 Å². The van der Waals surface area contributed by atoms with Gasteiger partial charge in [0, 0.05) is 6.54 Å². The minimum absolute atomic E-state index is 0.274. The van der Waals surface area contributed by atoms with Crippen LogP contribution in [0.2, 0.25) is 0 Å². The Labute approximate surface area is 151 Å². The van der Waals surface area contributed by atoms with E-state index in [-0.39, 0.29) is 13.2 Å². The SMILES string of the molecule is COc1cccc(C(=O)OCC(=O)NCc2ccc(OC)c(OC)c2)c1. The van der Waals surface area contributed by atoms with E-state index in [2.05, 4.69) is 5.32 Å². The molecule has 1 N–H and O–H groups in total. The van der Waals surface area contributed by atoms with Crippen LogP contribution in [0.15, 0.2) is 42.5 Å². The zero-order chi connectivity index (χ0) is 18.9. The predicted octanol–water partition coefficient (Wildman–Crippen LogP) is 2.19. The van der Waals surface area contributed by atoms with Crippen LogP contribution in [0, 0.1) is 0 Å². The van der Waals surface area contributed by atoms with Crippen LogP contribution in [0.25, 0.3) is 0 Å². The van der Waals surface area contributed by atoms with E-state index in [1.807, 2.05) is 6.07 Å². The summed E-state index contributed by atoms with van der Waals surface area (Å²) in [6.07, 6.45) is 0. The first kappa shape index (κ1) is 19.1. The maximum atomic E-state index is 12.0. The van der Waals surface area contributed by atoms with Crippen molar-refractivity contribution in [3.63, 3.8) is 0 Å². The van der Waals surface area contributed by atoms with Crippen molar-refractivity contribution in [1.82, 2.24) is 5.32 Å². The number of esters is 1. The number of rotatable bonds is 8. The molecule has 2 aromatic carbocycles. The molecule has 0 fully saturated rings. The van der Waals surface area contributed by atoms with Crippen LogP contribution in [0.4, 0.5) is 0 Å². The summed E-state index contributed by atoms with van der Waals surface area (Å²) >= 11 is 0. The van der Waals surface area contributed by atoms with Gasteiger partial charge in [0.2, 0.25) is 0 Å². The first-order valence-electron chi connectivity index (χ1n) is 7.86. The van der Waals surface area contributed by atoms with E-state index in [0.717, 1.165) is 5.56 Å². The smallest absolute Gasteiger partial charge is 0.338 e. The summed E-state index contributed by atoms with van der Waals surface area (Å²) in [5.74, 6) is 0.719. The van der Waals surface area contributed by atoms with E-state index in [1.54, 1.807) is 43.5 Å². The molecule has 0 bridgehead atoms. The third kappa shape index (κ3) is 5.14. The number of methoxy groups -OCH3 is 3. The van der Waals surface area contributed by atoms with Crippen molar-refractivity contribution in [2.24, 2.45) is 0 Å². The van der Waals surface area contributed by atoms with E-state index in [9.17, 15) is 9.59 Å². The topological polar surface area (TPSA) is 83.1 Å². The van der Waals surface area contributed by atoms with Crippen LogP contribution in [0.5, 0.6) is 17.2 Å². The molecular formula is C19H21NO6. The lowest BCUT2D eigenvalue weighted by molar-refractivity contribution is -0.124. The zero-order valence-corrected chi connectivity index (χ0v) is 14.9. The standard InChI is InChI=1S/C19H21NO6/c1-23-15-6-4-5-14(10-15)19(22)26-12-18(21)20-11-13-7-8-16(24-2)17(9-13)25-3/h4-10H,11-12H2,1-3H3,(H,20,21). The molecule has 0 spiro atoms. The molecular weight excluding hydrogens is 338 g/mol. The lowest BCUT2D eigenvalue weighted by Gasteiger charge is -2.10. The molecule has 0 aliphatic rings. The first-order valence-corrected chi connectivity index (χ1v) is 7.86. The second kappa shape index (κ2) is 9.31. The third-order valence-corrected chi connectivity index (χ3v) is 3.58. The molecule has 26 heavy (non-hydrogen) atoms. The number of ether oxygens (including phenoxy) is 4. The molecule has 7 nitrogen and oxygen atoms in total. The van der Waals surface area contributed by atoms with Gasteiger partial charge in [-0.15, -0.1) is 0 Å². The Morgan fingerprint density at radius 2 is 1.69 bits per heavy atom. The van der Waals surface area contributed by atoms with Gasteiger partial charge in [-0.2, -0.15) is 0 Å². The van der Waals surface area contributed by atoms with Gasteiger partial charge in [-0.05, 0) is 35.9 Å². The van der Waals surface area contributed by atoms with Crippen LogP contribution < -0.4 is 19.5 Å². The number of nitrogens with one attached hydrogen (secondary N) is 1. The van der Waals surface area contributed by atoms with Gasteiger partial charge in [-0.25, -0.2) is 4.79 Å². The van der Waals surface area contributed by atoms with Crippen LogP contribution in [0.3, 0.4) is 0 Å². The highest BCUT2D eigenvalue weighted by Crippen LogP contribution is 2.27. The van der Waals surface area contributed by atoms with E-state index in [0.29, 0.717) is 22.8 Å². The second-order valence-electron chi connectivity index (χ2n) is 5.27. The van der Waals surface area contributed by atoms with Crippen LogP contribution in [-0.2, 0) is 16.1 Å². The van der Waals surface area contributed by atoms with Crippen molar-refractivity contribution >= 4 is 11.9 Å². The highest BCUT2D eigenvalue weighted by molar-refractivity contribution is 5.91.